The van der Waals surface area contributed by atoms with E-state index in [0.29, 0.717) is 16.5 Å². The quantitative estimate of drug-likeness (QED) is 0.913. The molecule has 1 aromatic heterocycles. The maximum Gasteiger partial charge on any atom is 0.275 e. The standard InChI is InChI=1S/C12H10Cl2N4O/c1-15-10-6-16-9(5-17-10)12(19)18-8-4-2-3-7(13)11(8)14/h2-6H,1H3,(H,15,17)(H,18,19). The van der Waals surface area contributed by atoms with Crippen molar-refractivity contribution in [3.05, 3.63) is 46.3 Å². The van der Waals surface area contributed by atoms with Gasteiger partial charge in [-0.05, 0) is 12.1 Å². The van der Waals surface area contributed by atoms with Gasteiger partial charge in [0.25, 0.3) is 5.91 Å². The molecular formula is C12H10Cl2N4O. The van der Waals surface area contributed by atoms with Crippen molar-refractivity contribution in [1.29, 1.82) is 0 Å². The molecule has 0 saturated heterocycles. The lowest BCUT2D eigenvalue weighted by Gasteiger charge is -2.07. The number of nitrogens with one attached hydrogen (secondary N) is 2. The lowest BCUT2D eigenvalue weighted by atomic mass is 10.3. The van der Waals surface area contributed by atoms with Crippen LogP contribution in [0.1, 0.15) is 10.5 Å². The van der Waals surface area contributed by atoms with Gasteiger partial charge in [0, 0.05) is 7.05 Å². The van der Waals surface area contributed by atoms with Crippen LogP contribution in [0.3, 0.4) is 0 Å². The van der Waals surface area contributed by atoms with Gasteiger partial charge in [-0.15, -0.1) is 0 Å². The molecule has 0 spiro atoms. The molecule has 0 unspecified atom stereocenters. The van der Waals surface area contributed by atoms with Crippen LogP contribution in [0, 0.1) is 0 Å². The highest BCUT2D eigenvalue weighted by Gasteiger charge is 2.11. The summed E-state index contributed by atoms with van der Waals surface area (Å²) in [6.45, 7) is 0. The minimum atomic E-state index is -0.403. The van der Waals surface area contributed by atoms with Gasteiger partial charge in [0.1, 0.15) is 11.5 Å². The van der Waals surface area contributed by atoms with E-state index in [0.717, 1.165) is 0 Å². The third kappa shape index (κ3) is 3.13. The molecule has 98 valence electrons. The van der Waals surface area contributed by atoms with Crippen molar-refractivity contribution in [3.8, 4) is 0 Å². The Morgan fingerprint density at radius 3 is 2.63 bits per heavy atom. The maximum absolute atomic E-state index is 11.9. The molecule has 19 heavy (non-hydrogen) atoms. The largest absolute Gasteiger partial charge is 0.372 e. The Kier molecular flexibility index (Phi) is 4.19. The molecule has 0 bridgehead atoms. The SMILES string of the molecule is CNc1cnc(C(=O)Nc2cccc(Cl)c2Cl)cn1. The van der Waals surface area contributed by atoms with E-state index in [2.05, 4.69) is 20.6 Å². The van der Waals surface area contributed by atoms with Crippen molar-refractivity contribution in [1.82, 2.24) is 9.97 Å². The molecule has 1 aromatic carbocycles. The van der Waals surface area contributed by atoms with Crippen LogP contribution in [0.5, 0.6) is 0 Å². The van der Waals surface area contributed by atoms with Gasteiger partial charge < -0.3 is 10.6 Å². The molecule has 0 radical (unpaired) electrons. The van der Waals surface area contributed by atoms with Crippen molar-refractivity contribution in [2.75, 3.05) is 17.7 Å². The molecule has 0 aliphatic carbocycles. The summed E-state index contributed by atoms with van der Waals surface area (Å²) in [7, 11) is 1.72. The molecule has 7 heteroatoms. The van der Waals surface area contributed by atoms with Crippen LogP contribution in [0.4, 0.5) is 11.5 Å². The number of benzene rings is 1. The van der Waals surface area contributed by atoms with Gasteiger partial charge in [-0.2, -0.15) is 0 Å². The highest BCUT2D eigenvalue weighted by Crippen LogP contribution is 2.29. The Labute approximate surface area is 120 Å². The number of hydrogen-bond acceptors (Lipinski definition) is 4. The Bertz CT molecular complexity index is 601. The van der Waals surface area contributed by atoms with E-state index < -0.39 is 5.91 Å². The highest BCUT2D eigenvalue weighted by atomic mass is 35.5. The van der Waals surface area contributed by atoms with Crippen LogP contribution in [-0.2, 0) is 0 Å². The molecule has 0 aliphatic heterocycles. The monoisotopic (exact) mass is 296 g/mol. The normalized spacial score (nSPS) is 10.1. The Balaban J connectivity index is 2.18. The molecule has 1 amide bonds. The summed E-state index contributed by atoms with van der Waals surface area (Å²) < 4.78 is 0. The summed E-state index contributed by atoms with van der Waals surface area (Å²) in [4.78, 5) is 19.9. The van der Waals surface area contributed by atoms with Crippen LogP contribution in [-0.4, -0.2) is 22.9 Å². The fourth-order valence-corrected chi connectivity index (χ4v) is 1.71. The summed E-state index contributed by atoms with van der Waals surface area (Å²) >= 11 is 11.8. The van der Waals surface area contributed by atoms with Crippen molar-refractivity contribution in [2.24, 2.45) is 0 Å². The van der Waals surface area contributed by atoms with E-state index in [-0.39, 0.29) is 10.7 Å². The third-order valence-corrected chi connectivity index (χ3v) is 3.16. The summed E-state index contributed by atoms with van der Waals surface area (Å²) in [6, 6.07) is 4.99. The molecule has 0 fully saturated rings. The molecule has 5 nitrogen and oxygen atoms in total. The zero-order valence-electron chi connectivity index (χ0n) is 9.95. The minimum Gasteiger partial charge on any atom is -0.372 e. The van der Waals surface area contributed by atoms with Gasteiger partial charge in [-0.25, -0.2) is 9.97 Å². The second kappa shape index (κ2) is 5.86. The number of carbonyl (C=O) groups excluding carboxylic acids is 1. The predicted molar refractivity (Wildman–Crippen MR) is 76.0 cm³/mol. The topological polar surface area (TPSA) is 66.9 Å². The van der Waals surface area contributed by atoms with Crippen molar-refractivity contribution < 1.29 is 4.79 Å². The smallest absolute Gasteiger partial charge is 0.275 e. The first kappa shape index (κ1) is 13.6. The summed E-state index contributed by atoms with van der Waals surface area (Å²) in [5, 5.41) is 6.10. The molecule has 2 aromatic rings. The van der Waals surface area contributed by atoms with Crippen LogP contribution in [0.15, 0.2) is 30.6 Å². The van der Waals surface area contributed by atoms with E-state index >= 15 is 0 Å². The highest BCUT2D eigenvalue weighted by molar-refractivity contribution is 6.44. The first-order valence-corrected chi connectivity index (χ1v) is 6.12. The van der Waals surface area contributed by atoms with Crippen LogP contribution >= 0.6 is 23.2 Å². The summed E-state index contributed by atoms with van der Waals surface area (Å²) in [5.41, 5.74) is 0.619. The average molecular weight is 297 g/mol. The van der Waals surface area contributed by atoms with Gasteiger partial charge in [0.2, 0.25) is 0 Å². The first-order chi connectivity index (χ1) is 9.11. The molecular weight excluding hydrogens is 287 g/mol. The van der Waals surface area contributed by atoms with Crippen LogP contribution in [0.25, 0.3) is 0 Å². The van der Waals surface area contributed by atoms with Crippen molar-refractivity contribution >= 4 is 40.6 Å². The molecule has 0 saturated carbocycles. The Hall–Kier alpha value is -1.85. The first-order valence-electron chi connectivity index (χ1n) is 5.37. The minimum absolute atomic E-state index is 0.190. The summed E-state index contributed by atoms with van der Waals surface area (Å²) in [5.74, 6) is 0.177. The molecule has 2 rings (SSSR count). The zero-order valence-corrected chi connectivity index (χ0v) is 11.5. The van der Waals surface area contributed by atoms with E-state index in [1.807, 2.05) is 0 Å². The Morgan fingerprint density at radius 1 is 1.21 bits per heavy atom. The van der Waals surface area contributed by atoms with Crippen molar-refractivity contribution in [2.45, 2.75) is 0 Å². The zero-order chi connectivity index (χ0) is 13.8. The number of anilines is 2. The second-order valence-corrected chi connectivity index (χ2v) is 4.38. The van der Waals surface area contributed by atoms with Gasteiger partial charge in [-0.3, -0.25) is 4.79 Å². The number of rotatable bonds is 3. The lowest BCUT2D eigenvalue weighted by Crippen LogP contribution is -2.14. The van der Waals surface area contributed by atoms with Gasteiger partial charge >= 0.3 is 0 Å². The number of aromatic nitrogens is 2. The van der Waals surface area contributed by atoms with Gasteiger partial charge in [0.05, 0.1) is 28.1 Å². The second-order valence-electron chi connectivity index (χ2n) is 3.59. The molecule has 0 atom stereocenters. The third-order valence-electron chi connectivity index (χ3n) is 2.34. The predicted octanol–water partition coefficient (Wildman–Crippen LogP) is 3.08. The van der Waals surface area contributed by atoms with E-state index in [4.69, 9.17) is 23.2 Å². The Morgan fingerprint density at radius 2 is 2.00 bits per heavy atom. The number of amides is 1. The fourth-order valence-electron chi connectivity index (χ4n) is 1.36. The number of halogens is 2. The maximum atomic E-state index is 11.9. The van der Waals surface area contributed by atoms with E-state index in [1.54, 1.807) is 25.2 Å². The van der Waals surface area contributed by atoms with Gasteiger partial charge in [0.15, 0.2) is 0 Å². The average Bonchev–Trinajstić information content (AvgIpc) is 2.44. The van der Waals surface area contributed by atoms with E-state index in [1.165, 1.54) is 12.4 Å². The lowest BCUT2D eigenvalue weighted by molar-refractivity contribution is 0.102. The summed E-state index contributed by atoms with van der Waals surface area (Å²) in [6.07, 6.45) is 2.84. The number of hydrogen-bond donors (Lipinski definition) is 2. The van der Waals surface area contributed by atoms with Crippen molar-refractivity contribution in [3.63, 3.8) is 0 Å². The van der Waals surface area contributed by atoms with E-state index in [9.17, 15) is 4.79 Å². The fraction of sp³-hybridized carbons (Fsp3) is 0.0833. The molecule has 0 aliphatic rings. The van der Waals surface area contributed by atoms with Gasteiger partial charge in [-0.1, -0.05) is 29.3 Å². The molecule has 2 N–H and O–H groups in total. The van der Waals surface area contributed by atoms with Crippen LogP contribution in [0.2, 0.25) is 10.0 Å². The van der Waals surface area contributed by atoms with Crippen LogP contribution < -0.4 is 10.6 Å². The number of nitrogens with zero attached hydrogens (tertiary/aromatic N) is 2. The number of carbonyl (C=O) groups is 1. The molecule has 1 heterocycles.